The number of aromatic nitrogens is 2. The maximum absolute atomic E-state index is 12.2. The van der Waals surface area contributed by atoms with E-state index in [-0.39, 0.29) is 12.5 Å². The number of amides is 1. The van der Waals surface area contributed by atoms with Crippen molar-refractivity contribution >= 4 is 46.7 Å². The first-order valence-corrected chi connectivity index (χ1v) is 7.61. The van der Waals surface area contributed by atoms with Crippen LogP contribution in [0.25, 0.3) is 0 Å². The van der Waals surface area contributed by atoms with Crippen molar-refractivity contribution in [2.24, 2.45) is 4.99 Å². The Kier molecular flexibility index (Phi) is 4.19. The van der Waals surface area contributed by atoms with E-state index in [9.17, 15) is 4.79 Å². The molecule has 1 aliphatic heterocycles. The third kappa shape index (κ3) is 3.28. The molecule has 1 aliphatic rings. The van der Waals surface area contributed by atoms with E-state index < -0.39 is 0 Å². The van der Waals surface area contributed by atoms with Gasteiger partial charge >= 0.3 is 0 Å². The minimum Gasteiger partial charge on any atom is -0.294 e. The van der Waals surface area contributed by atoms with E-state index in [0.29, 0.717) is 27.6 Å². The summed E-state index contributed by atoms with van der Waals surface area (Å²) in [5.74, 6) is 0.524. The van der Waals surface area contributed by atoms with E-state index in [0.717, 1.165) is 11.4 Å². The molecule has 6 nitrogen and oxygen atoms in total. The molecule has 8 heteroatoms. The van der Waals surface area contributed by atoms with Crippen molar-refractivity contribution < 1.29 is 4.79 Å². The second-order valence-corrected chi connectivity index (χ2v) is 5.91. The van der Waals surface area contributed by atoms with Gasteiger partial charge in [-0.1, -0.05) is 23.2 Å². The molecule has 2 aromatic rings. The highest BCUT2D eigenvalue weighted by molar-refractivity contribution is 6.38. The lowest BCUT2D eigenvalue weighted by molar-refractivity contribution is -0.115. The number of anilines is 2. The third-order valence-electron chi connectivity index (χ3n) is 3.18. The molecule has 0 radical (unpaired) electrons. The number of aliphatic imine (C=N–C) groups is 1. The molecule has 3 rings (SSSR count). The summed E-state index contributed by atoms with van der Waals surface area (Å²) in [6, 6.07) is 6.78. The monoisotopic (exact) mass is 349 g/mol. The Morgan fingerprint density at radius 3 is 2.48 bits per heavy atom. The minimum absolute atomic E-state index is 0.0338. The summed E-state index contributed by atoms with van der Waals surface area (Å²) in [5.41, 5.74) is 2.15. The van der Waals surface area contributed by atoms with Crippen molar-refractivity contribution in [3.05, 3.63) is 45.7 Å². The molecule has 118 valence electrons. The Hall–Kier alpha value is -2.18. The molecule has 1 aromatic heterocycles. The van der Waals surface area contributed by atoms with Gasteiger partial charge in [-0.3, -0.25) is 10.1 Å². The molecule has 23 heavy (non-hydrogen) atoms. The van der Waals surface area contributed by atoms with Crippen LogP contribution in [0.4, 0.5) is 11.6 Å². The number of nitrogens with one attached hydrogen (secondary N) is 1. The van der Waals surface area contributed by atoms with E-state index >= 15 is 0 Å². The smallest absolute Gasteiger partial charge is 0.255 e. The highest BCUT2D eigenvalue weighted by Crippen LogP contribution is 2.30. The van der Waals surface area contributed by atoms with Gasteiger partial charge in [-0.15, -0.1) is 0 Å². The van der Waals surface area contributed by atoms with Crippen molar-refractivity contribution in [3.63, 3.8) is 0 Å². The number of halogens is 2. The highest BCUT2D eigenvalue weighted by atomic mass is 35.5. The van der Waals surface area contributed by atoms with Crippen LogP contribution in [0.1, 0.15) is 11.4 Å². The number of benzene rings is 1. The van der Waals surface area contributed by atoms with Crippen LogP contribution in [0.3, 0.4) is 0 Å². The SMILES string of the molecule is Cc1cc(C)nc(NC2=NCC(=O)N2c2ccc(Cl)cc2Cl)n1. The van der Waals surface area contributed by atoms with E-state index in [1.165, 1.54) is 4.90 Å². The predicted molar refractivity (Wildman–Crippen MR) is 91.4 cm³/mol. The standard InChI is InChI=1S/C15H13Cl2N5O/c1-8-5-9(2)20-14(19-8)21-15-18-7-13(23)22(15)12-4-3-10(16)6-11(12)17/h3-6H,7H2,1-2H3,(H,18,19,20,21). The molecule has 0 aliphatic carbocycles. The topological polar surface area (TPSA) is 70.5 Å². The average molecular weight is 350 g/mol. The second-order valence-electron chi connectivity index (χ2n) is 5.06. The van der Waals surface area contributed by atoms with Gasteiger partial charge in [0.05, 0.1) is 10.7 Å². The molecule has 0 saturated heterocycles. The first-order valence-electron chi connectivity index (χ1n) is 6.86. The number of carbonyl (C=O) groups excluding carboxylic acids is 1. The van der Waals surface area contributed by atoms with Crippen LogP contribution in [0, 0.1) is 13.8 Å². The van der Waals surface area contributed by atoms with Gasteiger partial charge in [0.25, 0.3) is 5.91 Å². The van der Waals surface area contributed by atoms with Gasteiger partial charge in [0, 0.05) is 16.4 Å². The van der Waals surface area contributed by atoms with Gasteiger partial charge in [0.2, 0.25) is 11.9 Å². The lowest BCUT2D eigenvalue weighted by atomic mass is 10.3. The first-order chi connectivity index (χ1) is 10.9. The normalized spacial score (nSPS) is 14.2. The first kappa shape index (κ1) is 15.7. The van der Waals surface area contributed by atoms with E-state index in [2.05, 4.69) is 20.3 Å². The van der Waals surface area contributed by atoms with Gasteiger partial charge in [-0.2, -0.15) is 0 Å². The molecule has 0 fully saturated rings. The summed E-state index contributed by atoms with van der Waals surface area (Å²) >= 11 is 12.1. The quantitative estimate of drug-likeness (QED) is 0.903. The number of hydrogen-bond acceptors (Lipinski definition) is 5. The average Bonchev–Trinajstić information content (AvgIpc) is 2.79. The fourth-order valence-corrected chi connectivity index (χ4v) is 2.78. The fraction of sp³-hybridized carbons (Fsp3) is 0.200. The zero-order valence-electron chi connectivity index (χ0n) is 12.5. The van der Waals surface area contributed by atoms with Gasteiger partial charge in [-0.25, -0.2) is 19.9 Å². The zero-order chi connectivity index (χ0) is 16.6. The van der Waals surface area contributed by atoms with E-state index in [1.807, 2.05) is 19.9 Å². The van der Waals surface area contributed by atoms with Crippen molar-refractivity contribution in [2.75, 3.05) is 16.8 Å². The number of hydrogen-bond donors (Lipinski definition) is 1. The summed E-state index contributed by atoms with van der Waals surface area (Å²) < 4.78 is 0. The zero-order valence-corrected chi connectivity index (χ0v) is 14.0. The largest absolute Gasteiger partial charge is 0.294 e. The molecule has 0 bridgehead atoms. The Bertz CT molecular complexity index is 801. The van der Waals surface area contributed by atoms with Gasteiger partial charge in [0.1, 0.15) is 6.54 Å². The molecule has 0 saturated carbocycles. The maximum Gasteiger partial charge on any atom is 0.255 e. The summed E-state index contributed by atoms with van der Waals surface area (Å²) in [6.45, 7) is 3.77. The molecule has 0 spiro atoms. The Morgan fingerprint density at radius 1 is 1.13 bits per heavy atom. The Labute approximate surface area is 143 Å². The molecule has 1 aromatic carbocycles. The van der Waals surface area contributed by atoms with Crippen LogP contribution < -0.4 is 10.2 Å². The fourth-order valence-electron chi connectivity index (χ4n) is 2.29. The molecular formula is C15H13Cl2N5O. The molecule has 2 heterocycles. The lowest BCUT2D eigenvalue weighted by Gasteiger charge is -2.20. The molecular weight excluding hydrogens is 337 g/mol. The molecule has 0 atom stereocenters. The van der Waals surface area contributed by atoms with Gasteiger partial charge in [-0.05, 0) is 38.1 Å². The van der Waals surface area contributed by atoms with Gasteiger partial charge < -0.3 is 0 Å². The van der Waals surface area contributed by atoms with E-state index in [1.54, 1.807) is 18.2 Å². The van der Waals surface area contributed by atoms with Crippen molar-refractivity contribution in [1.82, 2.24) is 9.97 Å². The molecule has 1 amide bonds. The molecule has 1 N–H and O–H groups in total. The summed E-state index contributed by atoms with van der Waals surface area (Å²) in [4.78, 5) is 26.4. The number of rotatable bonds is 2. The second kappa shape index (κ2) is 6.14. The minimum atomic E-state index is -0.193. The molecule has 0 unspecified atom stereocenters. The summed E-state index contributed by atoms with van der Waals surface area (Å²) in [5, 5.41) is 3.84. The van der Waals surface area contributed by atoms with Crippen molar-refractivity contribution in [1.29, 1.82) is 0 Å². The van der Waals surface area contributed by atoms with Crippen molar-refractivity contribution in [3.8, 4) is 0 Å². The number of carbonyl (C=O) groups is 1. The highest BCUT2D eigenvalue weighted by Gasteiger charge is 2.29. The number of guanidine groups is 1. The third-order valence-corrected chi connectivity index (χ3v) is 3.72. The van der Waals surface area contributed by atoms with Crippen LogP contribution in [0.5, 0.6) is 0 Å². The predicted octanol–water partition coefficient (Wildman–Crippen LogP) is 3.21. The van der Waals surface area contributed by atoms with Crippen LogP contribution in [-0.2, 0) is 4.79 Å². The van der Waals surface area contributed by atoms with E-state index in [4.69, 9.17) is 23.2 Å². The number of aryl methyl sites for hydroxylation is 2. The van der Waals surface area contributed by atoms with Gasteiger partial charge in [0.15, 0.2) is 0 Å². The van der Waals surface area contributed by atoms with Crippen LogP contribution in [0.2, 0.25) is 10.0 Å². The number of nitrogens with zero attached hydrogens (tertiary/aromatic N) is 4. The van der Waals surface area contributed by atoms with Crippen LogP contribution >= 0.6 is 23.2 Å². The summed E-state index contributed by atoms with van der Waals surface area (Å²) in [7, 11) is 0. The summed E-state index contributed by atoms with van der Waals surface area (Å²) in [6.07, 6.45) is 0. The Morgan fingerprint density at radius 2 is 1.83 bits per heavy atom. The van der Waals surface area contributed by atoms with Crippen LogP contribution in [-0.4, -0.2) is 28.4 Å². The Balaban J connectivity index is 1.93. The maximum atomic E-state index is 12.2. The van der Waals surface area contributed by atoms with Crippen molar-refractivity contribution in [2.45, 2.75) is 13.8 Å². The lowest BCUT2D eigenvalue weighted by Crippen LogP contribution is -2.37. The van der Waals surface area contributed by atoms with Crippen LogP contribution in [0.15, 0.2) is 29.3 Å².